The standard InChI is InChI=1S/C17H23N/c18-16(17-14-5-2-6-15(14)17)10-11-7-8-12-3-1-4-13(12)9-11/h7-9,14-17H,1-6,10,18H2. The first-order chi connectivity index (χ1) is 8.83. The Hall–Kier alpha value is -0.820. The second kappa shape index (κ2) is 4.09. The van der Waals surface area contributed by atoms with Gasteiger partial charge in [0.25, 0.3) is 0 Å². The lowest BCUT2D eigenvalue weighted by molar-refractivity contribution is 0.484. The van der Waals surface area contributed by atoms with Gasteiger partial charge in [-0.1, -0.05) is 24.6 Å². The van der Waals surface area contributed by atoms with Crippen molar-refractivity contribution < 1.29 is 0 Å². The fraction of sp³-hybridized carbons (Fsp3) is 0.647. The molecule has 0 aromatic heterocycles. The topological polar surface area (TPSA) is 26.0 Å². The van der Waals surface area contributed by atoms with Gasteiger partial charge in [-0.2, -0.15) is 0 Å². The van der Waals surface area contributed by atoms with Crippen LogP contribution < -0.4 is 5.73 Å². The molecule has 0 heterocycles. The Kier molecular flexibility index (Phi) is 2.51. The van der Waals surface area contributed by atoms with Gasteiger partial charge in [-0.05, 0) is 73.0 Å². The molecule has 3 atom stereocenters. The molecular formula is C17H23N. The molecule has 0 radical (unpaired) electrons. The van der Waals surface area contributed by atoms with Gasteiger partial charge in [0.1, 0.15) is 0 Å². The zero-order valence-corrected chi connectivity index (χ0v) is 11.1. The highest BCUT2D eigenvalue weighted by molar-refractivity contribution is 5.35. The van der Waals surface area contributed by atoms with Crippen LogP contribution in [0.5, 0.6) is 0 Å². The van der Waals surface area contributed by atoms with Gasteiger partial charge in [0.2, 0.25) is 0 Å². The van der Waals surface area contributed by atoms with E-state index in [0.717, 1.165) is 24.2 Å². The first-order valence-corrected chi connectivity index (χ1v) is 7.69. The van der Waals surface area contributed by atoms with Crippen molar-refractivity contribution >= 4 is 0 Å². The summed E-state index contributed by atoms with van der Waals surface area (Å²) in [5, 5.41) is 0. The monoisotopic (exact) mass is 241 g/mol. The van der Waals surface area contributed by atoms with Gasteiger partial charge >= 0.3 is 0 Å². The van der Waals surface area contributed by atoms with Crippen LogP contribution in [0.25, 0.3) is 0 Å². The summed E-state index contributed by atoms with van der Waals surface area (Å²) >= 11 is 0. The highest BCUT2D eigenvalue weighted by atomic mass is 14.7. The molecule has 0 amide bonds. The van der Waals surface area contributed by atoms with Gasteiger partial charge in [0.05, 0.1) is 0 Å². The molecule has 0 bridgehead atoms. The molecule has 3 aliphatic rings. The molecule has 0 aliphatic heterocycles. The Bertz CT molecular complexity index is 455. The number of aryl methyl sites for hydroxylation is 2. The predicted octanol–water partition coefficient (Wildman–Crippen LogP) is 3.09. The maximum Gasteiger partial charge on any atom is 0.0113 e. The number of fused-ring (bicyclic) bond motifs is 2. The molecule has 96 valence electrons. The predicted molar refractivity (Wildman–Crippen MR) is 74.5 cm³/mol. The largest absolute Gasteiger partial charge is 0.327 e. The Morgan fingerprint density at radius 2 is 1.83 bits per heavy atom. The summed E-state index contributed by atoms with van der Waals surface area (Å²) in [7, 11) is 0. The molecule has 0 spiro atoms. The highest BCUT2D eigenvalue weighted by Crippen LogP contribution is 2.58. The maximum atomic E-state index is 6.45. The van der Waals surface area contributed by atoms with Crippen molar-refractivity contribution in [2.75, 3.05) is 0 Å². The molecule has 1 nitrogen and oxygen atoms in total. The molecule has 2 fully saturated rings. The van der Waals surface area contributed by atoms with Crippen LogP contribution in [0, 0.1) is 17.8 Å². The number of hydrogen-bond donors (Lipinski definition) is 1. The molecule has 3 aliphatic carbocycles. The Morgan fingerprint density at radius 1 is 1.06 bits per heavy atom. The first-order valence-electron chi connectivity index (χ1n) is 7.69. The second-order valence-corrected chi connectivity index (χ2v) is 6.66. The van der Waals surface area contributed by atoms with Gasteiger partial charge in [-0.15, -0.1) is 0 Å². The number of hydrogen-bond acceptors (Lipinski definition) is 1. The molecule has 2 saturated carbocycles. The van der Waals surface area contributed by atoms with Crippen molar-refractivity contribution in [2.24, 2.45) is 23.5 Å². The van der Waals surface area contributed by atoms with Crippen LogP contribution in [0.4, 0.5) is 0 Å². The molecule has 1 aromatic rings. The van der Waals surface area contributed by atoms with Gasteiger partial charge in [0.15, 0.2) is 0 Å². The SMILES string of the molecule is NC(Cc1ccc2c(c1)CCC2)C1C2CCCC21. The van der Waals surface area contributed by atoms with Crippen LogP contribution in [-0.2, 0) is 19.3 Å². The summed E-state index contributed by atoms with van der Waals surface area (Å²) in [4.78, 5) is 0. The molecule has 1 heteroatoms. The lowest BCUT2D eigenvalue weighted by atomic mass is 9.96. The molecule has 3 unspecified atom stereocenters. The summed E-state index contributed by atoms with van der Waals surface area (Å²) in [5.74, 6) is 2.84. The quantitative estimate of drug-likeness (QED) is 0.864. The average Bonchev–Trinajstić information content (AvgIpc) is 2.78. The minimum Gasteiger partial charge on any atom is -0.327 e. The van der Waals surface area contributed by atoms with E-state index in [-0.39, 0.29) is 0 Å². The average molecular weight is 241 g/mol. The smallest absolute Gasteiger partial charge is 0.0113 e. The van der Waals surface area contributed by atoms with Crippen LogP contribution in [0.15, 0.2) is 18.2 Å². The minimum absolute atomic E-state index is 0.416. The zero-order chi connectivity index (χ0) is 12.1. The lowest BCUT2D eigenvalue weighted by Crippen LogP contribution is -2.27. The van der Waals surface area contributed by atoms with Gasteiger partial charge in [-0.3, -0.25) is 0 Å². The second-order valence-electron chi connectivity index (χ2n) is 6.66. The van der Waals surface area contributed by atoms with E-state index in [1.165, 1.54) is 44.1 Å². The summed E-state index contributed by atoms with van der Waals surface area (Å²) in [6, 6.07) is 7.51. The number of benzene rings is 1. The first kappa shape index (κ1) is 11.0. The number of nitrogens with two attached hydrogens (primary N) is 1. The maximum absolute atomic E-state index is 6.45. The van der Waals surface area contributed by atoms with E-state index in [4.69, 9.17) is 5.73 Å². The van der Waals surface area contributed by atoms with Crippen molar-refractivity contribution in [1.82, 2.24) is 0 Å². The Balaban J connectivity index is 1.45. The van der Waals surface area contributed by atoms with E-state index in [1.807, 2.05) is 0 Å². The number of rotatable bonds is 3. The van der Waals surface area contributed by atoms with Crippen molar-refractivity contribution in [3.05, 3.63) is 34.9 Å². The van der Waals surface area contributed by atoms with Crippen molar-refractivity contribution in [2.45, 2.75) is 51.0 Å². The van der Waals surface area contributed by atoms with Crippen molar-refractivity contribution in [1.29, 1.82) is 0 Å². The van der Waals surface area contributed by atoms with Crippen LogP contribution in [-0.4, -0.2) is 6.04 Å². The van der Waals surface area contributed by atoms with Gasteiger partial charge in [0, 0.05) is 6.04 Å². The van der Waals surface area contributed by atoms with Crippen LogP contribution >= 0.6 is 0 Å². The molecule has 1 aromatic carbocycles. The Labute approximate surface area is 110 Å². The summed E-state index contributed by atoms with van der Waals surface area (Å²) in [5.41, 5.74) is 11.1. The molecule has 0 saturated heterocycles. The van der Waals surface area contributed by atoms with Gasteiger partial charge < -0.3 is 5.73 Å². The summed E-state index contributed by atoms with van der Waals surface area (Å²) in [6.45, 7) is 0. The molecule has 18 heavy (non-hydrogen) atoms. The van der Waals surface area contributed by atoms with Crippen LogP contribution in [0.1, 0.15) is 42.4 Å². The van der Waals surface area contributed by atoms with E-state index in [9.17, 15) is 0 Å². The van der Waals surface area contributed by atoms with Gasteiger partial charge in [-0.25, -0.2) is 0 Å². The third-order valence-electron chi connectivity index (χ3n) is 5.60. The Morgan fingerprint density at radius 3 is 2.67 bits per heavy atom. The lowest BCUT2D eigenvalue weighted by Gasteiger charge is -2.14. The van der Waals surface area contributed by atoms with Crippen LogP contribution in [0.3, 0.4) is 0 Å². The summed E-state index contributed by atoms with van der Waals surface area (Å²) < 4.78 is 0. The van der Waals surface area contributed by atoms with E-state index in [0.29, 0.717) is 6.04 Å². The molecule has 2 N–H and O–H groups in total. The van der Waals surface area contributed by atoms with Crippen molar-refractivity contribution in [3.8, 4) is 0 Å². The third kappa shape index (κ3) is 1.72. The minimum atomic E-state index is 0.416. The van der Waals surface area contributed by atoms with E-state index in [1.54, 1.807) is 11.1 Å². The highest BCUT2D eigenvalue weighted by Gasteiger charge is 2.54. The fourth-order valence-corrected chi connectivity index (χ4v) is 4.67. The normalized spacial score (nSPS) is 34.2. The fourth-order valence-electron chi connectivity index (χ4n) is 4.67. The zero-order valence-electron chi connectivity index (χ0n) is 11.1. The van der Waals surface area contributed by atoms with E-state index in [2.05, 4.69) is 18.2 Å². The van der Waals surface area contributed by atoms with Crippen LogP contribution in [0.2, 0.25) is 0 Å². The van der Waals surface area contributed by atoms with Crippen molar-refractivity contribution in [3.63, 3.8) is 0 Å². The van der Waals surface area contributed by atoms with E-state index < -0.39 is 0 Å². The molecular weight excluding hydrogens is 218 g/mol. The molecule has 4 rings (SSSR count). The summed E-state index contributed by atoms with van der Waals surface area (Å²) in [6.07, 6.45) is 9.38. The van der Waals surface area contributed by atoms with E-state index >= 15 is 0 Å². The third-order valence-corrected chi connectivity index (χ3v) is 5.60.